The second kappa shape index (κ2) is 4.45. The van der Waals surface area contributed by atoms with Crippen LogP contribution in [0, 0.1) is 0 Å². The highest BCUT2D eigenvalue weighted by Crippen LogP contribution is 2.23. The van der Waals surface area contributed by atoms with Crippen LogP contribution in [0.5, 0.6) is 0 Å². The summed E-state index contributed by atoms with van der Waals surface area (Å²) in [7, 11) is 0. The minimum atomic E-state index is 0.832. The Hall–Kier alpha value is -0.0500. The van der Waals surface area contributed by atoms with Crippen LogP contribution in [-0.4, -0.2) is 12.6 Å². The van der Waals surface area contributed by atoms with Crippen molar-refractivity contribution in [2.45, 2.75) is 31.7 Å². The standard InChI is InChI=1S/C10H14ClNS/c11-9-5-7-13-10(9)2-1-6-12-8-3-4-8/h5,7-8,12H,1-4,6H2. The molecule has 3 heteroatoms. The predicted octanol–water partition coefficient (Wildman–Crippen LogP) is 3.09. The van der Waals surface area contributed by atoms with E-state index in [2.05, 4.69) is 10.7 Å². The Kier molecular flexibility index (Phi) is 3.25. The third kappa shape index (κ3) is 2.97. The van der Waals surface area contributed by atoms with Crippen molar-refractivity contribution >= 4 is 22.9 Å². The monoisotopic (exact) mass is 215 g/mol. The van der Waals surface area contributed by atoms with Gasteiger partial charge in [-0.1, -0.05) is 11.6 Å². The summed E-state index contributed by atoms with van der Waals surface area (Å²) in [6.45, 7) is 1.14. The maximum Gasteiger partial charge on any atom is 0.0544 e. The molecule has 13 heavy (non-hydrogen) atoms. The van der Waals surface area contributed by atoms with Gasteiger partial charge < -0.3 is 5.32 Å². The first-order valence-electron chi connectivity index (χ1n) is 4.81. The molecule has 0 bridgehead atoms. The zero-order chi connectivity index (χ0) is 9.10. The molecule has 2 rings (SSSR count). The van der Waals surface area contributed by atoms with Gasteiger partial charge >= 0.3 is 0 Å². The third-order valence-electron chi connectivity index (χ3n) is 2.28. The third-order valence-corrected chi connectivity index (χ3v) is 3.73. The molecule has 0 unspecified atom stereocenters. The van der Waals surface area contributed by atoms with Gasteiger partial charge in [-0.2, -0.15) is 0 Å². The van der Waals surface area contributed by atoms with Crippen LogP contribution in [0.15, 0.2) is 11.4 Å². The quantitative estimate of drug-likeness (QED) is 0.745. The van der Waals surface area contributed by atoms with E-state index >= 15 is 0 Å². The molecule has 1 aromatic heterocycles. The van der Waals surface area contributed by atoms with Crippen molar-refractivity contribution in [1.82, 2.24) is 5.32 Å². The topological polar surface area (TPSA) is 12.0 Å². The molecule has 1 nitrogen and oxygen atoms in total. The molecule has 0 radical (unpaired) electrons. The van der Waals surface area contributed by atoms with E-state index in [4.69, 9.17) is 11.6 Å². The lowest BCUT2D eigenvalue weighted by atomic mass is 10.2. The van der Waals surface area contributed by atoms with Crippen molar-refractivity contribution in [3.05, 3.63) is 21.3 Å². The van der Waals surface area contributed by atoms with Crippen molar-refractivity contribution in [2.75, 3.05) is 6.54 Å². The average Bonchev–Trinajstić information content (AvgIpc) is 2.86. The van der Waals surface area contributed by atoms with Crippen LogP contribution < -0.4 is 5.32 Å². The summed E-state index contributed by atoms with van der Waals surface area (Å²) in [5, 5.41) is 6.50. The zero-order valence-corrected chi connectivity index (χ0v) is 9.13. The van der Waals surface area contributed by atoms with E-state index in [0.29, 0.717) is 0 Å². The molecule has 1 fully saturated rings. The lowest BCUT2D eigenvalue weighted by Crippen LogP contribution is -2.17. The number of hydrogen-bond acceptors (Lipinski definition) is 2. The molecule has 1 N–H and O–H groups in total. The zero-order valence-electron chi connectivity index (χ0n) is 7.55. The van der Waals surface area contributed by atoms with Gasteiger partial charge in [0.1, 0.15) is 0 Å². The summed E-state index contributed by atoms with van der Waals surface area (Å²) >= 11 is 7.75. The highest BCUT2D eigenvalue weighted by atomic mass is 35.5. The predicted molar refractivity (Wildman–Crippen MR) is 58.7 cm³/mol. The van der Waals surface area contributed by atoms with E-state index in [-0.39, 0.29) is 0 Å². The first-order valence-corrected chi connectivity index (χ1v) is 6.07. The van der Waals surface area contributed by atoms with Gasteiger partial charge in [-0.3, -0.25) is 0 Å². The lowest BCUT2D eigenvalue weighted by molar-refractivity contribution is 0.648. The van der Waals surface area contributed by atoms with Crippen molar-refractivity contribution in [3.8, 4) is 0 Å². The van der Waals surface area contributed by atoms with E-state index in [0.717, 1.165) is 24.0 Å². The first-order chi connectivity index (χ1) is 6.36. The van der Waals surface area contributed by atoms with Crippen molar-refractivity contribution in [3.63, 3.8) is 0 Å². The highest BCUT2D eigenvalue weighted by Gasteiger charge is 2.19. The first kappa shape index (κ1) is 9.50. The number of thiophene rings is 1. The summed E-state index contributed by atoms with van der Waals surface area (Å²) in [6, 6.07) is 2.81. The molecule has 0 saturated heterocycles. The Labute approximate surface area is 88.1 Å². The molecular weight excluding hydrogens is 202 g/mol. The Morgan fingerprint density at radius 3 is 3.00 bits per heavy atom. The number of aryl methyl sites for hydroxylation is 1. The molecule has 0 spiro atoms. The van der Waals surface area contributed by atoms with Gasteiger partial charge in [-0.15, -0.1) is 11.3 Å². The van der Waals surface area contributed by atoms with Crippen LogP contribution in [0.1, 0.15) is 24.1 Å². The molecule has 1 aliphatic carbocycles. The minimum Gasteiger partial charge on any atom is -0.314 e. The van der Waals surface area contributed by atoms with Gasteiger partial charge in [-0.05, 0) is 43.7 Å². The van der Waals surface area contributed by atoms with Crippen LogP contribution in [0.4, 0.5) is 0 Å². The molecule has 1 aliphatic rings. The number of hydrogen-bond donors (Lipinski definition) is 1. The number of nitrogens with one attached hydrogen (secondary N) is 1. The molecule has 0 aromatic carbocycles. The maximum atomic E-state index is 5.98. The summed E-state index contributed by atoms with van der Waals surface area (Å²) in [6.07, 6.45) is 5.08. The SMILES string of the molecule is Clc1ccsc1CCCNC1CC1. The molecule has 0 aliphatic heterocycles. The largest absolute Gasteiger partial charge is 0.314 e. The van der Waals surface area contributed by atoms with Crippen molar-refractivity contribution in [2.24, 2.45) is 0 Å². The molecule has 0 atom stereocenters. The summed E-state index contributed by atoms with van der Waals surface area (Å²) in [5.41, 5.74) is 0. The fourth-order valence-electron chi connectivity index (χ4n) is 1.35. The normalized spacial score (nSPS) is 16.4. The number of halogens is 1. The van der Waals surface area contributed by atoms with Crippen LogP contribution in [0.2, 0.25) is 5.02 Å². The van der Waals surface area contributed by atoms with E-state index in [1.165, 1.54) is 24.1 Å². The van der Waals surface area contributed by atoms with Crippen LogP contribution in [0.3, 0.4) is 0 Å². The van der Waals surface area contributed by atoms with Crippen LogP contribution >= 0.6 is 22.9 Å². The second-order valence-electron chi connectivity index (χ2n) is 3.52. The van der Waals surface area contributed by atoms with E-state index in [1.807, 2.05) is 6.07 Å². The summed E-state index contributed by atoms with van der Waals surface area (Å²) in [4.78, 5) is 1.33. The Morgan fingerprint density at radius 1 is 1.54 bits per heavy atom. The molecule has 1 aromatic rings. The molecule has 0 amide bonds. The molecule has 1 heterocycles. The van der Waals surface area contributed by atoms with E-state index in [9.17, 15) is 0 Å². The lowest BCUT2D eigenvalue weighted by Gasteiger charge is -2.01. The highest BCUT2D eigenvalue weighted by molar-refractivity contribution is 7.10. The molecular formula is C10H14ClNS. The van der Waals surface area contributed by atoms with Crippen molar-refractivity contribution in [1.29, 1.82) is 0 Å². The Morgan fingerprint density at radius 2 is 2.38 bits per heavy atom. The summed E-state index contributed by atoms with van der Waals surface area (Å²) < 4.78 is 0. The fraction of sp³-hybridized carbons (Fsp3) is 0.600. The van der Waals surface area contributed by atoms with Crippen molar-refractivity contribution < 1.29 is 0 Å². The summed E-state index contributed by atoms with van der Waals surface area (Å²) in [5.74, 6) is 0. The smallest absolute Gasteiger partial charge is 0.0544 e. The maximum absolute atomic E-state index is 5.98. The number of rotatable bonds is 5. The average molecular weight is 216 g/mol. The van der Waals surface area contributed by atoms with Crippen LogP contribution in [-0.2, 0) is 6.42 Å². The van der Waals surface area contributed by atoms with Gasteiger partial charge in [0.2, 0.25) is 0 Å². The van der Waals surface area contributed by atoms with E-state index in [1.54, 1.807) is 11.3 Å². The Bertz CT molecular complexity index is 268. The van der Waals surface area contributed by atoms with Gasteiger partial charge in [0.05, 0.1) is 5.02 Å². The van der Waals surface area contributed by atoms with Gasteiger partial charge in [-0.25, -0.2) is 0 Å². The van der Waals surface area contributed by atoms with Crippen LogP contribution in [0.25, 0.3) is 0 Å². The van der Waals surface area contributed by atoms with Gasteiger partial charge in [0, 0.05) is 10.9 Å². The molecule has 72 valence electrons. The molecule has 1 saturated carbocycles. The van der Waals surface area contributed by atoms with Gasteiger partial charge in [0.15, 0.2) is 0 Å². The fourth-order valence-corrected chi connectivity index (χ4v) is 2.52. The minimum absolute atomic E-state index is 0.832. The van der Waals surface area contributed by atoms with Gasteiger partial charge in [0.25, 0.3) is 0 Å². The van der Waals surface area contributed by atoms with E-state index < -0.39 is 0 Å². The second-order valence-corrected chi connectivity index (χ2v) is 4.93. The Balaban J connectivity index is 1.64.